The number of allylic oxidation sites excluding steroid dienone is 5. The molecule has 4 rings (SSSR count). The van der Waals surface area contributed by atoms with Crippen molar-refractivity contribution >= 4 is 17.7 Å². The Labute approximate surface area is 118 Å². The molecule has 0 aromatic carbocycles. The van der Waals surface area contributed by atoms with Gasteiger partial charge in [-0.25, -0.2) is 0 Å². The summed E-state index contributed by atoms with van der Waals surface area (Å²) in [7, 11) is 0. The molecule has 1 fully saturated rings. The zero-order valence-electron chi connectivity index (χ0n) is 11.4. The summed E-state index contributed by atoms with van der Waals surface area (Å²) in [4.78, 5) is 23.6. The maximum atomic E-state index is 12.3. The van der Waals surface area contributed by atoms with E-state index in [1.165, 1.54) is 0 Å². The first kappa shape index (κ1) is 12.0. The SMILES string of the molecule is O=C1CCC(CN2CC=NC2)C2=NC3=CC=CCC3=C12. The van der Waals surface area contributed by atoms with Gasteiger partial charge in [0.1, 0.15) is 0 Å². The third-order valence-electron chi connectivity index (χ3n) is 4.43. The Kier molecular flexibility index (Phi) is 2.77. The number of hydrogen-bond acceptors (Lipinski definition) is 4. The minimum absolute atomic E-state index is 0.284. The van der Waals surface area contributed by atoms with E-state index < -0.39 is 0 Å². The first-order chi connectivity index (χ1) is 9.83. The van der Waals surface area contributed by atoms with E-state index in [2.05, 4.69) is 16.0 Å². The number of rotatable bonds is 2. The minimum atomic E-state index is 0.284. The smallest absolute Gasteiger partial charge is 0.165 e. The second-order valence-corrected chi connectivity index (χ2v) is 5.74. The van der Waals surface area contributed by atoms with Gasteiger partial charge in [-0.1, -0.05) is 12.2 Å². The Balaban J connectivity index is 1.65. The monoisotopic (exact) mass is 267 g/mol. The lowest BCUT2D eigenvalue weighted by molar-refractivity contribution is -0.115. The van der Waals surface area contributed by atoms with Crippen molar-refractivity contribution in [2.24, 2.45) is 15.9 Å². The molecule has 1 unspecified atom stereocenters. The summed E-state index contributed by atoms with van der Waals surface area (Å²) < 4.78 is 0. The first-order valence-corrected chi connectivity index (χ1v) is 7.26. The fourth-order valence-electron chi connectivity index (χ4n) is 3.42. The van der Waals surface area contributed by atoms with Gasteiger partial charge in [0, 0.05) is 37.2 Å². The fraction of sp³-hybridized carbons (Fsp3) is 0.438. The van der Waals surface area contributed by atoms with Gasteiger partial charge < -0.3 is 0 Å². The molecule has 0 saturated heterocycles. The van der Waals surface area contributed by atoms with Crippen LogP contribution in [0, 0.1) is 5.92 Å². The number of ketones is 1. The van der Waals surface area contributed by atoms with E-state index in [-0.39, 0.29) is 5.78 Å². The summed E-state index contributed by atoms with van der Waals surface area (Å²) in [5.74, 6) is 0.662. The molecule has 0 radical (unpaired) electrons. The molecule has 1 atom stereocenters. The van der Waals surface area contributed by atoms with Crippen LogP contribution < -0.4 is 0 Å². The van der Waals surface area contributed by atoms with Gasteiger partial charge in [-0.15, -0.1) is 0 Å². The number of carbonyl (C=O) groups excluding carboxylic acids is 1. The topological polar surface area (TPSA) is 45.0 Å². The van der Waals surface area contributed by atoms with Crippen LogP contribution in [-0.4, -0.2) is 42.4 Å². The van der Waals surface area contributed by atoms with Crippen molar-refractivity contribution in [3.05, 3.63) is 35.1 Å². The molecule has 0 spiro atoms. The molecule has 4 nitrogen and oxygen atoms in total. The van der Waals surface area contributed by atoms with Crippen LogP contribution in [0.4, 0.5) is 0 Å². The van der Waals surface area contributed by atoms with Crippen LogP contribution in [0.1, 0.15) is 19.3 Å². The van der Waals surface area contributed by atoms with Crippen molar-refractivity contribution in [3.8, 4) is 0 Å². The summed E-state index contributed by atoms with van der Waals surface area (Å²) >= 11 is 0. The van der Waals surface area contributed by atoms with Crippen LogP contribution in [0.25, 0.3) is 0 Å². The van der Waals surface area contributed by atoms with Crippen molar-refractivity contribution < 1.29 is 4.79 Å². The average molecular weight is 267 g/mol. The molecule has 0 aromatic rings. The third-order valence-corrected chi connectivity index (χ3v) is 4.43. The fourth-order valence-corrected chi connectivity index (χ4v) is 3.42. The number of aliphatic imine (C=N–C) groups is 2. The summed E-state index contributed by atoms with van der Waals surface area (Å²) in [6.45, 7) is 2.67. The number of nitrogens with zero attached hydrogens (tertiary/aromatic N) is 3. The molecule has 4 aliphatic rings. The van der Waals surface area contributed by atoms with Crippen molar-refractivity contribution in [2.45, 2.75) is 19.3 Å². The maximum absolute atomic E-state index is 12.3. The number of carbonyl (C=O) groups is 1. The van der Waals surface area contributed by atoms with Gasteiger partial charge in [-0.2, -0.15) is 0 Å². The van der Waals surface area contributed by atoms with Crippen molar-refractivity contribution in [1.29, 1.82) is 0 Å². The third kappa shape index (κ3) is 1.83. The molecular formula is C16H17N3O. The van der Waals surface area contributed by atoms with Crippen molar-refractivity contribution in [1.82, 2.24) is 4.90 Å². The zero-order valence-corrected chi connectivity index (χ0v) is 11.4. The Morgan fingerprint density at radius 1 is 1.40 bits per heavy atom. The molecule has 1 saturated carbocycles. The Hall–Kier alpha value is -1.81. The molecule has 0 N–H and O–H groups in total. The predicted octanol–water partition coefficient (Wildman–Crippen LogP) is 1.90. The van der Waals surface area contributed by atoms with Crippen molar-refractivity contribution in [3.63, 3.8) is 0 Å². The second-order valence-electron chi connectivity index (χ2n) is 5.74. The lowest BCUT2D eigenvalue weighted by atomic mass is 9.80. The molecule has 0 amide bonds. The van der Waals surface area contributed by atoms with Gasteiger partial charge in [0.25, 0.3) is 0 Å². The molecule has 20 heavy (non-hydrogen) atoms. The van der Waals surface area contributed by atoms with Crippen LogP contribution in [0.2, 0.25) is 0 Å². The maximum Gasteiger partial charge on any atom is 0.165 e. The van der Waals surface area contributed by atoms with Crippen LogP contribution in [0.5, 0.6) is 0 Å². The minimum Gasteiger partial charge on any atom is -0.294 e. The highest BCUT2D eigenvalue weighted by atomic mass is 16.1. The van der Waals surface area contributed by atoms with Gasteiger partial charge in [-0.3, -0.25) is 19.7 Å². The van der Waals surface area contributed by atoms with E-state index in [9.17, 15) is 4.79 Å². The molecular weight excluding hydrogens is 250 g/mol. The molecule has 2 aliphatic heterocycles. The van der Waals surface area contributed by atoms with Crippen LogP contribution >= 0.6 is 0 Å². The van der Waals surface area contributed by atoms with E-state index in [4.69, 9.17) is 4.99 Å². The number of Topliss-reactive ketones (excluding diaryl/α,β-unsaturated/α-hetero) is 1. The zero-order chi connectivity index (χ0) is 13.5. The number of hydrogen-bond donors (Lipinski definition) is 0. The average Bonchev–Trinajstić information content (AvgIpc) is 3.09. The van der Waals surface area contributed by atoms with E-state index in [0.717, 1.165) is 55.2 Å². The molecule has 0 bridgehead atoms. The highest BCUT2D eigenvalue weighted by Crippen LogP contribution is 2.38. The van der Waals surface area contributed by atoms with Crippen LogP contribution in [0.15, 0.2) is 45.1 Å². The van der Waals surface area contributed by atoms with Crippen LogP contribution in [-0.2, 0) is 4.79 Å². The standard InChI is InChI=1S/C16H17N3O/c20-14-6-5-11(9-19-8-7-17-10-19)16-15(14)12-3-1-2-4-13(12)18-16/h1-2,4,7,11H,3,5-6,8-10H2. The number of fused-ring (bicyclic) bond motifs is 2. The van der Waals surface area contributed by atoms with E-state index >= 15 is 0 Å². The van der Waals surface area contributed by atoms with Crippen LogP contribution in [0.3, 0.4) is 0 Å². The van der Waals surface area contributed by atoms with Gasteiger partial charge in [0.15, 0.2) is 5.78 Å². The van der Waals surface area contributed by atoms with Gasteiger partial charge in [0.05, 0.1) is 18.1 Å². The molecule has 2 heterocycles. The van der Waals surface area contributed by atoms with E-state index in [1.807, 2.05) is 18.4 Å². The summed E-state index contributed by atoms with van der Waals surface area (Å²) in [6, 6.07) is 0. The summed E-state index contributed by atoms with van der Waals surface area (Å²) in [5, 5.41) is 0. The van der Waals surface area contributed by atoms with E-state index in [0.29, 0.717) is 12.3 Å². The summed E-state index contributed by atoms with van der Waals surface area (Å²) in [6.07, 6.45) is 10.6. The Morgan fingerprint density at radius 3 is 3.20 bits per heavy atom. The Bertz CT molecular complexity index is 614. The molecule has 102 valence electrons. The quantitative estimate of drug-likeness (QED) is 0.767. The highest BCUT2D eigenvalue weighted by molar-refractivity contribution is 6.27. The molecule has 2 aliphatic carbocycles. The van der Waals surface area contributed by atoms with Gasteiger partial charge in [0.2, 0.25) is 0 Å². The van der Waals surface area contributed by atoms with Crippen molar-refractivity contribution in [2.75, 3.05) is 19.8 Å². The summed E-state index contributed by atoms with van der Waals surface area (Å²) in [5.41, 5.74) is 4.13. The van der Waals surface area contributed by atoms with Gasteiger partial charge >= 0.3 is 0 Å². The lowest BCUT2D eigenvalue weighted by Crippen LogP contribution is -2.36. The normalized spacial score (nSPS) is 28.6. The highest BCUT2D eigenvalue weighted by Gasteiger charge is 2.37. The lowest BCUT2D eigenvalue weighted by Gasteiger charge is -2.27. The Morgan fingerprint density at radius 2 is 2.35 bits per heavy atom. The molecule has 4 heteroatoms. The molecule has 0 aromatic heterocycles. The largest absolute Gasteiger partial charge is 0.294 e. The first-order valence-electron chi connectivity index (χ1n) is 7.26. The predicted molar refractivity (Wildman–Crippen MR) is 79.0 cm³/mol. The van der Waals surface area contributed by atoms with Gasteiger partial charge in [-0.05, 0) is 24.5 Å². The second kappa shape index (κ2) is 4.63. The van der Waals surface area contributed by atoms with E-state index in [1.54, 1.807) is 0 Å².